The zero-order valence-corrected chi connectivity index (χ0v) is 20.1. The normalized spacial score (nSPS) is 20.7. The highest BCUT2D eigenvalue weighted by atomic mass is 32.2. The minimum atomic E-state index is -4.53. The number of carbonyl (C=O) groups excluding carboxylic acids is 2. The average Bonchev–Trinajstić information content (AvgIpc) is 3.01. The highest BCUT2D eigenvalue weighted by Crippen LogP contribution is 2.49. The predicted octanol–water partition coefficient (Wildman–Crippen LogP) is 7.35. The van der Waals surface area contributed by atoms with Gasteiger partial charge < -0.3 is 0 Å². The minimum absolute atomic E-state index is 0.0487. The van der Waals surface area contributed by atoms with Crippen LogP contribution in [0.25, 0.3) is 17.2 Å². The van der Waals surface area contributed by atoms with Crippen LogP contribution in [-0.2, 0) is 21.8 Å². The van der Waals surface area contributed by atoms with E-state index in [1.807, 2.05) is 19.1 Å². The van der Waals surface area contributed by atoms with Crippen LogP contribution in [0.2, 0.25) is 0 Å². The van der Waals surface area contributed by atoms with Crippen molar-refractivity contribution in [2.45, 2.75) is 64.5 Å². The second kappa shape index (κ2) is 7.76. The second-order valence-corrected chi connectivity index (χ2v) is 11.2. The SMILES string of the molecule is Cc1cc2c(cc1-c1cc(C=C3SC(=O)NC3=O)ccc1C(F)(F)F)C(C)(C)CCC2(C)C. The maximum atomic E-state index is 14.0. The summed E-state index contributed by atoms with van der Waals surface area (Å²) >= 11 is 0.740. The third kappa shape index (κ3) is 4.35. The molecule has 0 bridgehead atoms. The number of imide groups is 1. The Morgan fingerprint density at radius 2 is 1.55 bits per heavy atom. The molecule has 4 rings (SSSR count). The molecule has 1 N–H and O–H groups in total. The first kappa shape index (κ1) is 23.6. The van der Waals surface area contributed by atoms with Gasteiger partial charge in [-0.1, -0.05) is 45.9 Å². The standard InChI is InChI=1S/C26H26F3NO2S/c1-14-10-19-20(25(4,5)9-8-24(19,2)3)13-16(14)17-11-15(6-7-18(17)26(27,28)29)12-21-22(31)30-23(32)33-21/h6-7,10-13H,8-9H2,1-5H3,(H,30,31,32). The Hall–Kier alpha value is -2.54. The summed E-state index contributed by atoms with van der Waals surface area (Å²) in [5.74, 6) is -0.541. The van der Waals surface area contributed by atoms with Crippen LogP contribution in [0.1, 0.15) is 68.4 Å². The van der Waals surface area contributed by atoms with Crippen molar-refractivity contribution in [1.29, 1.82) is 0 Å². The number of aryl methyl sites for hydroxylation is 1. The zero-order valence-electron chi connectivity index (χ0n) is 19.2. The monoisotopic (exact) mass is 473 g/mol. The maximum absolute atomic E-state index is 14.0. The van der Waals surface area contributed by atoms with Crippen LogP contribution in [0.3, 0.4) is 0 Å². The van der Waals surface area contributed by atoms with Gasteiger partial charge in [-0.2, -0.15) is 13.2 Å². The number of benzene rings is 2. The Labute approximate surface area is 195 Å². The van der Waals surface area contributed by atoms with Gasteiger partial charge in [-0.15, -0.1) is 0 Å². The summed E-state index contributed by atoms with van der Waals surface area (Å²) in [6.07, 6.45) is -1.11. The fourth-order valence-electron chi connectivity index (χ4n) is 4.71. The summed E-state index contributed by atoms with van der Waals surface area (Å²) < 4.78 is 42.0. The average molecular weight is 474 g/mol. The number of carbonyl (C=O) groups is 2. The van der Waals surface area contributed by atoms with Crippen LogP contribution in [-0.4, -0.2) is 11.1 Å². The number of alkyl halides is 3. The molecule has 1 heterocycles. The number of fused-ring (bicyclic) bond motifs is 1. The van der Waals surface area contributed by atoms with Crippen LogP contribution < -0.4 is 5.32 Å². The molecule has 174 valence electrons. The summed E-state index contributed by atoms with van der Waals surface area (Å²) in [5, 5.41) is 1.67. The second-order valence-electron chi connectivity index (χ2n) is 10.1. The zero-order chi connectivity index (χ0) is 24.3. The van der Waals surface area contributed by atoms with Gasteiger partial charge in [0.05, 0.1) is 10.5 Å². The van der Waals surface area contributed by atoms with Crippen LogP contribution in [0.15, 0.2) is 35.2 Å². The number of thioether (sulfide) groups is 1. The molecule has 1 aliphatic heterocycles. The molecule has 3 nitrogen and oxygen atoms in total. The van der Waals surface area contributed by atoms with E-state index in [-0.39, 0.29) is 21.3 Å². The highest BCUT2D eigenvalue weighted by molar-refractivity contribution is 8.18. The van der Waals surface area contributed by atoms with Crippen LogP contribution in [0.4, 0.5) is 18.0 Å². The van der Waals surface area contributed by atoms with E-state index >= 15 is 0 Å². The Bertz CT molecular complexity index is 1210. The number of hydrogen-bond donors (Lipinski definition) is 1. The van der Waals surface area contributed by atoms with Gasteiger partial charge >= 0.3 is 6.18 Å². The molecular formula is C26H26F3NO2S. The lowest BCUT2D eigenvalue weighted by Crippen LogP contribution is -2.34. The quantitative estimate of drug-likeness (QED) is 0.464. The largest absolute Gasteiger partial charge is 0.417 e. The van der Waals surface area contributed by atoms with Gasteiger partial charge in [0.15, 0.2) is 0 Å². The molecule has 2 amide bonds. The molecule has 0 aromatic heterocycles. The first-order valence-electron chi connectivity index (χ1n) is 10.8. The number of halogens is 3. The van der Waals surface area contributed by atoms with Crippen molar-refractivity contribution in [2.24, 2.45) is 0 Å². The van der Waals surface area contributed by atoms with Gasteiger partial charge in [-0.25, -0.2) is 0 Å². The molecule has 2 aromatic rings. The molecule has 2 aliphatic rings. The molecule has 0 atom stereocenters. The summed E-state index contributed by atoms with van der Waals surface area (Å²) in [6, 6.07) is 7.80. The van der Waals surface area contributed by atoms with E-state index in [4.69, 9.17) is 0 Å². The van der Waals surface area contributed by atoms with E-state index in [9.17, 15) is 22.8 Å². The molecule has 0 spiro atoms. The van der Waals surface area contributed by atoms with E-state index in [1.54, 1.807) is 0 Å². The third-order valence-corrected chi connectivity index (χ3v) is 7.59. The van der Waals surface area contributed by atoms with Crippen molar-refractivity contribution < 1.29 is 22.8 Å². The highest BCUT2D eigenvalue weighted by Gasteiger charge is 2.39. The number of nitrogens with one attached hydrogen (secondary N) is 1. The van der Waals surface area contributed by atoms with Gasteiger partial charge in [0.1, 0.15) is 0 Å². The topological polar surface area (TPSA) is 46.2 Å². The van der Waals surface area contributed by atoms with Gasteiger partial charge in [-0.3, -0.25) is 14.9 Å². The molecule has 0 unspecified atom stereocenters. The lowest BCUT2D eigenvalue weighted by Gasteiger charge is -2.42. The third-order valence-electron chi connectivity index (χ3n) is 6.78. The number of rotatable bonds is 2. The number of amides is 2. The fraction of sp³-hybridized carbons (Fsp3) is 0.385. The molecule has 0 radical (unpaired) electrons. The van der Waals surface area contributed by atoms with E-state index in [1.165, 1.54) is 23.8 Å². The Morgan fingerprint density at radius 1 is 0.939 bits per heavy atom. The summed E-state index contributed by atoms with van der Waals surface area (Å²) in [6.45, 7) is 10.5. The summed E-state index contributed by atoms with van der Waals surface area (Å²) in [5.41, 5.74) is 3.16. The van der Waals surface area contributed by atoms with Crippen LogP contribution >= 0.6 is 11.8 Å². The Balaban J connectivity index is 1.93. The first-order chi connectivity index (χ1) is 15.2. The number of hydrogen-bond acceptors (Lipinski definition) is 3. The maximum Gasteiger partial charge on any atom is 0.417 e. The van der Waals surface area contributed by atoms with E-state index in [2.05, 4.69) is 33.0 Å². The molecule has 1 saturated heterocycles. The summed E-state index contributed by atoms with van der Waals surface area (Å²) in [7, 11) is 0. The van der Waals surface area contributed by atoms with Gasteiger partial charge in [0.25, 0.3) is 11.1 Å². The Morgan fingerprint density at radius 3 is 2.09 bits per heavy atom. The smallest absolute Gasteiger partial charge is 0.282 e. The Kier molecular flexibility index (Phi) is 5.55. The molecular weight excluding hydrogens is 447 g/mol. The van der Waals surface area contributed by atoms with Gasteiger partial charge in [0.2, 0.25) is 0 Å². The van der Waals surface area contributed by atoms with E-state index < -0.39 is 22.9 Å². The van der Waals surface area contributed by atoms with Gasteiger partial charge in [0, 0.05) is 0 Å². The summed E-state index contributed by atoms with van der Waals surface area (Å²) in [4.78, 5) is 23.5. The first-order valence-corrected chi connectivity index (χ1v) is 11.6. The molecule has 1 fully saturated rings. The van der Waals surface area contributed by atoms with Crippen molar-refractivity contribution in [3.05, 3.63) is 63.1 Å². The van der Waals surface area contributed by atoms with Crippen LogP contribution in [0, 0.1) is 6.92 Å². The van der Waals surface area contributed by atoms with Gasteiger partial charge in [-0.05, 0) is 93.9 Å². The van der Waals surface area contributed by atoms with Crippen molar-refractivity contribution in [3.63, 3.8) is 0 Å². The van der Waals surface area contributed by atoms with Crippen molar-refractivity contribution in [3.8, 4) is 11.1 Å². The van der Waals surface area contributed by atoms with Crippen molar-refractivity contribution >= 4 is 29.0 Å². The van der Waals surface area contributed by atoms with Crippen LogP contribution in [0.5, 0.6) is 0 Å². The molecule has 2 aromatic carbocycles. The lowest BCUT2D eigenvalue weighted by molar-refractivity contribution is -0.137. The molecule has 0 saturated carbocycles. The van der Waals surface area contributed by atoms with E-state index in [0.717, 1.165) is 41.8 Å². The fourth-order valence-corrected chi connectivity index (χ4v) is 5.39. The predicted molar refractivity (Wildman–Crippen MR) is 126 cm³/mol. The lowest BCUT2D eigenvalue weighted by atomic mass is 9.62. The molecule has 1 aliphatic carbocycles. The molecule has 33 heavy (non-hydrogen) atoms. The van der Waals surface area contributed by atoms with E-state index in [0.29, 0.717) is 11.1 Å². The molecule has 7 heteroatoms. The van der Waals surface area contributed by atoms with Crippen molar-refractivity contribution in [1.82, 2.24) is 5.32 Å². The van der Waals surface area contributed by atoms with Crippen molar-refractivity contribution in [2.75, 3.05) is 0 Å². The minimum Gasteiger partial charge on any atom is -0.282 e.